The molecule has 4 rings (SSSR count). The van der Waals surface area contributed by atoms with Crippen molar-refractivity contribution in [1.82, 2.24) is 9.88 Å². The van der Waals surface area contributed by atoms with Crippen LogP contribution in [-0.4, -0.2) is 36.1 Å². The summed E-state index contributed by atoms with van der Waals surface area (Å²) in [6.45, 7) is 3.90. The number of H-pyrrole nitrogens is 1. The molecule has 2 heterocycles. The third-order valence-electron chi connectivity index (χ3n) is 7.33. The number of nitriles is 1. The number of nitrogens with zero attached hydrogens (tertiary/aromatic N) is 2. The molecule has 1 unspecified atom stereocenters. The van der Waals surface area contributed by atoms with Crippen LogP contribution in [0.3, 0.4) is 0 Å². The highest BCUT2D eigenvalue weighted by Crippen LogP contribution is 2.49. The maximum absolute atomic E-state index is 12.7. The zero-order valence-electron chi connectivity index (χ0n) is 20.4. The van der Waals surface area contributed by atoms with E-state index in [0.29, 0.717) is 19.7 Å². The van der Waals surface area contributed by atoms with Crippen molar-refractivity contribution in [3.63, 3.8) is 0 Å². The second kappa shape index (κ2) is 11.4. The summed E-state index contributed by atoms with van der Waals surface area (Å²) in [6.07, 6.45) is 5.33. The number of nitrogens with one attached hydrogen (secondary N) is 1. The summed E-state index contributed by atoms with van der Waals surface area (Å²) in [7, 11) is 1.44. The lowest BCUT2D eigenvalue weighted by molar-refractivity contribution is -0.149. The van der Waals surface area contributed by atoms with Gasteiger partial charge in [-0.1, -0.05) is 43.3 Å². The van der Waals surface area contributed by atoms with Crippen molar-refractivity contribution < 1.29 is 14.3 Å². The molecule has 0 fully saturated rings. The molecule has 3 aromatic rings. The van der Waals surface area contributed by atoms with Gasteiger partial charge in [0.05, 0.1) is 20.1 Å². The molecular weight excluding hydrogens is 553 g/mol. The molecular formula is C28H32IN3O3. The molecule has 35 heavy (non-hydrogen) atoms. The van der Waals surface area contributed by atoms with E-state index in [1.807, 2.05) is 29.2 Å². The number of fused-ring (bicyclic) bond motifs is 3. The molecule has 7 heteroatoms. The van der Waals surface area contributed by atoms with Crippen LogP contribution in [0, 0.1) is 20.4 Å². The van der Waals surface area contributed by atoms with Crippen LogP contribution in [0.4, 0.5) is 0 Å². The maximum atomic E-state index is 12.7. The second-order valence-electron chi connectivity index (χ2n) is 9.25. The van der Waals surface area contributed by atoms with E-state index in [9.17, 15) is 10.1 Å². The highest BCUT2D eigenvalue weighted by Gasteiger charge is 2.43. The van der Waals surface area contributed by atoms with E-state index in [1.54, 1.807) is 0 Å². The summed E-state index contributed by atoms with van der Waals surface area (Å²) in [5.74, 6) is -0.235. The number of methoxy groups -OCH3 is 1. The molecule has 184 valence electrons. The number of esters is 1. The number of carbonyl (C=O) groups is 1. The van der Waals surface area contributed by atoms with Crippen molar-refractivity contribution >= 4 is 39.5 Å². The summed E-state index contributed by atoms with van der Waals surface area (Å²) >= 11 is 2.34. The largest absolute Gasteiger partial charge is 0.469 e. The molecule has 6 nitrogen and oxygen atoms in total. The second-order valence-corrected chi connectivity index (χ2v) is 10.4. The highest BCUT2D eigenvalue weighted by atomic mass is 127. The predicted molar refractivity (Wildman–Crippen MR) is 144 cm³/mol. The van der Waals surface area contributed by atoms with Crippen LogP contribution in [0.1, 0.15) is 55.5 Å². The summed E-state index contributed by atoms with van der Waals surface area (Å²) in [5, 5.41) is 10.9. The lowest BCUT2D eigenvalue weighted by Gasteiger charge is -2.40. The Hall–Kier alpha value is -2.57. The van der Waals surface area contributed by atoms with E-state index < -0.39 is 5.41 Å². The molecule has 2 aromatic carbocycles. The number of ether oxygens (including phenoxy) is 2. The van der Waals surface area contributed by atoms with E-state index in [-0.39, 0.29) is 18.5 Å². The Bertz CT molecular complexity index is 1220. The molecule has 1 aromatic heterocycles. The van der Waals surface area contributed by atoms with Gasteiger partial charge in [0.25, 0.3) is 0 Å². The normalized spacial score (nSPS) is 20.7. The van der Waals surface area contributed by atoms with Crippen molar-refractivity contribution in [2.24, 2.45) is 5.41 Å². The summed E-state index contributed by atoms with van der Waals surface area (Å²) < 4.78 is 13.1. The van der Waals surface area contributed by atoms with E-state index >= 15 is 0 Å². The van der Waals surface area contributed by atoms with E-state index in [0.717, 1.165) is 57.0 Å². The van der Waals surface area contributed by atoms with Crippen LogP contribution in [0.25, 0.3) is 10.9 Å². The summed E-state index contributed by atoms with van der Waals surface area (Å²) in [6, 6.07) is 16.5. The predicted octanol–water partition coefficient (Wildman–Crippen LogP) is 6.11. The fraction of sp³-hybridized carbons (Fsp3) is 0.429. The number of hydrogen-bond acceptors (Lipinski definition) is 5. The number of aromatic nitrogens is 1. The Balaban J connectivity index is 1.86. The van der Waals surface area contributed by atoms with Gasteiger partial charge in [0, 0.05) is 38.7 Å². The Morgan fingerprint density at radius 1 is 1.23 bits per heavy atom. The minimum atomic E-state index is -0.471. The van der Waals surface area contributed by atoms with Gasteiger partial charge in [-0.05, 0) is 71.5 Å². The van der Waals surface area contributed by atoms with Gasteiger partial charge in [-0.15, -0.1) is 0 Å². The molecule has 1 aliphatic rings. The quantitative estimate of drug-likeness (QED) is 0.215. The minimum absolute atomic E-state index is 0.235. The van der Waals surface area contributed by atoms with E-state index in [2.05, 4.69) is 65.0 Å². The molecule has 0 spiro atoms. The van der Waals surface area contributed by atoms with Crippen molar-refractivity contribution in [3.8, 4) is 6.19 Å². The van der Waals surface area contributed by atoms with Gasteiger partial charge in [0.1, 0.15) is 6.10 Å². The summed E-state index contributed by atoms with van der Waals surface area (Å²) in [4.78, 5) is 18.2. The molecule has 0 radical (unpaired) electrons. The first-order valence-electron chi connectivity index (χ1n) is 12.2. The van der Waals surface area contributed by atoms with Crippen molar-refractivity contribution in [2.45, 2.75) is 51.7 Å². The topological polar surface area (TPSA) is 78.4 Å². The van der Waals surface area contributed by atoms with Gasteiger partial charge < -0.3 is 19.4 Å². The van der Waals surface area contributed by atoms with Crippen LogP contribution in [0.2, 0.25) is 0 Å². The first-order chi connectivity index (χ1) is 17.0. The lowest BCUT2D eigenvalue weighted by atomic mass is 9.70. The van der Waals surface area contributed by atoms with Crippen LogP contribution in [0.15, 0.2) is 48.5 Å². The fourth-order valence-electron chi connectivity index (χ4n) is 5.31. The average Bonchev–Trinajstić information content (AvgIpc) is 3.24. The van der Waals surface area contributed by atoms with Crippen LogP contribution >= 0.6 is 22.6 Å². The first kappa shape index (κ1) is 25.5. The number of benzene rings is 2. The van der Waals surface area contributed by atoms with E-state index in [1.165, 1.54) is 7.11 Å². The minimum Gasteiger partial charge on any atom is -0.469 e. The maximum Gasteiger partial charge on any atom is 0.306 e. The number of halogens is 1. The van der Waals surface area contributed by atoms with Crippen molar-refractivity contribution in [3.05, 3.63) is 68.9 Å². The van der Waals surface area contributed by atoms with Gasteiger partial charge in [-0.2, -0.15) is 5.26 Å². The molecule has 0 bridgehead atoms. The molecule has 0 amide bonds. The van der Waals surface area contributed by atoms with E-state index in [4.69, 9.17) is 9.47 Å². The number of rotatable bonds is 6. The molecule has 1 aliphatic heterocycles. The summed E-state index contributed by atoms with van der Waals surface area (Å²) in [5.41, 5.74) is 3.88. The fourth-order valence-corrected chi connectivity index (χ4v) is 5.85. The zero-order valence-corrected chi connectivity index (χ0v) is 22.5. The third-order valence-corrected chi connectivity index (χ3v) is 8.38. The third kappa shape index (κ3) is 5.49. The Morgan fingerprint density at radius 2 is 2.00 bits per heavy atom. The number of carbonyl (C=O) groups excluding carboxylic acids is 1. The van der Waals surface area contributed by atoms with Crippen molar-refractivity contribution in [1.29, 1.82) is 5.26 Å². The SMILES string of the molecule is CC[C@@]1(CC(=O)OC)CCCN(C#N)CCc2c([nH]c3ccccc23)C1OCc1ccccc1I. The molecule has 0 saturated carbocycles. The number of para-hydroxylation sites is 1. The Morgan fingerprint density at radius 3 is 2.74 bits per heavy atom. The van der Waals surface area contributed by atoms with Gasteiger partial charge in [-0.25, -0.2) is 0 Å². The Kier molecular flexibility index (Phi) is 8.34. The smallest absolute Gasteiger partial charge is 0.306 e. The standard InChI is InChI=1S/C28H32IN3O3/c1-3-28(17-25(33)34-2)14-8-15-32(19-30)16-13-22-21-10-5-7-12-24(21)31-26(22)27(28)35-18-20-9-4-6-11-23(20)29/h4-7,9-12,27,31H,3,8,13-18H2,1-2H3/t27?,28-/m0/s1. The number of aromatic amines is 1. The Labute approximate surface area is 220 Å². The molecule has 1 N–H and O–H groups in total. The van der Waals surface area contributed by atoms with Crippen molar-refractivity contribution in [2.75, 3.05) is 20.2 Å². The van der Waals surface area contributed by atoms with Crippen LogP contribution in [-0.2, 0) is 27.3 Å². The first-order valence-corrected chi connectivity index (χ1v) is 13.2. The monoisotopic (exact) mass is 585 g/mol. The molecule has 2 atom stereocenters. The van der Waals surface area contributed by atoms with Gasteiger partial charge in [-0.3, -0.25) is 4.79 Å². The van der Waals surface area contributed by atoms with Gasteiger partial charge in [0.2, 0.25) is 0 Å². The van der Waals surface area contributed by atoms with Crippen LogP contribution < -0.4 is 0 Å². The van der Waals surface area contributed by atoms with Gasteiger partial charge in [0.15, 0.2) is 6.19 Å². The van der Waals surface area contributed by atoms with Gasteiger partial charge >= 0.3 is 5.97 Å². The zero-order chi connectivity index (χ0) is 24.8. The molecule has 0 saturated heterocycles. The average molecular weight is 585 g/mol. The number of hydrogen-bond donors (Lipinski definition) is 1. The van der Waals surface area contributed by atoms with Crippen LogP contribution in [0.5, 0.6) is 0 Å². The lowest BCUT2D eigenvalue weighted by Crippen LogP contribution is -2.36. The molecule has 0 aliphatic carbocycles. The highest BCUT2D eigenvalue weighted by molar-refractivity contribution is 14.1.